The molecule has 0 aromatic carbocycles. The first-order chi connectivity index (χ1) is 8.33. The molecule has 0 unspecified atom stereocenters. The Balaban J connectivity index is 1.71. The highest BCUT2D eigenvalue weighted by Crippen LogP contribution is 2.47. The first kappa shape index (κ1) is 12.6. The Morgan fingerprint density at radius 3 is 2.94 bits per heavy atom. The zero-order valence-electron chi connectivity index (χ0n) is 10.1. The lowest BCUT2D eigenvalue weighted by Gasteiger charge is -2.07. The average Bonchev–Trinajstić information content (AvgIpc) is 3.09. The number of ether oxygens (including phenoxy) is 2. The Hall–Kier alpha value is -0.850. The second-order valence-corrected chi connectivity index (χ2v) is 4.89. The third kappa shape index (κ3) is 3.55. The zero-order valence-corrected chi connectivity index (χ0v) is 10.9. The standard InChI is InChI=1S/C11H19N3O2S/c1-15-6-7-16-5-4-13-11-9(8-2-3-8)10(12)14-17-11/h8,13H,2-7H2,1H3,(H2,12,14). The molecule has 0 amide bonds. The van der Waals surface area contributed by atoms with E-state index >= 15 is 0 Å². The van der Waals surface area contributed by atoms with Crippen molar-refractivity contribution in [2.45, 2.75) is 18.8 Å². The zero-order chi connectivity index (χ0) is 12.1. The molecule has 6 heteroatoms. The molecule has 0 bridgehead atoms. The lowest BCUT2D eigenvalue weighted by Crippen LogP contribution is -2.12. The van der Waals surface area contributed by atoms with Crippen LogP contribution in [-0.4, -0.2) is 37.8 Å². The van der Waals surface area contributed by atoms with Crippen LogP contribution in [0.5, 0.6) is 0 Å². The molecule has 96 valence electrons. The van der Waals surface area contributed by atoms with Crippen LogP contribution >= 0.6 is 11.5 Å². The summed E-state index contributed by atoms with van der Waals surface area (Å²) in [6, 6.07) is 0. The molecule has 17 heavy (non-hydrogen) atoms. The van der Waals surface area contributed by atoms with Crippen molar-refractivity contribution in [1.29, 1.82) is 0 Å². The molecule has 0 radical (unpaired) electrons. The summed E-state index contributed by atoms with van der Waals surface area (Å²) in [6.45, 7) is 2.73. The molecule has 1 aliphatic rings. The number of hydrogen-bond acceptors (Lipinski definition) is 6. The molecule has 0 saturated heterocycles. The van der Waals surface area contributed by atoms with Gasteiger partial charge in [-0.3, -0.25) is 0 Å². The Bertz CT molecular complexity index is 352. The molecule has 1 heterocycles. The Morgan fingerprint density at radius 2 is 2.24 bits per heavy atom. The Kier molecular flexibility index (Phi) is 4.58. The van der Waals surface area contributed by atoms with Gasteiger partial charge in [0.15, 0.2) is 0 Å². The van der Waals surface area contributed by atoms with Crippen LogP contribution < -0.4 is 11.1 Å². The summed E-state index contributed by atoms with van der Waals surface area (Å²) in [5, 5.41) is 4.45. The van der Waals surface area contributed by atoms with Crippen molar-refractivity contribution in [2.75, 3.05) is 44.5 Å². The van der Waals surface area contributed by atoms with Crippen LogP contribution in [0.3, 0.4) is 0 Å². The highest BCUT2D eigenvalue weighted by atomic mass is 32.1. The van der Waals surface area contributed by atoms with Gasteiger partial charge in [-0.2, -0.15) is 4.37 Å². The van der Waals surface area contributed by atoms with Crippen LogP contribution in [0.2, 0.25) is 0 Å². The van der Waals surface area contributed by atoms with Crippen molar-refractivity contribution in [3.05, 3.63) is 5.56 Å². The summed E-state index contributed by atoms with van der Waals surface area (Å²) >= 11 is 1.45. The van der Waals surface area contributed by atoms with Crippen molar-refractivity contribution < 1.29 is 9.47 Å². The molecular formula is C11H19N3O2S. The van der Waals surface area contributed by atoms with Crippen molar-refractivity contribution in [3.63, 3.8) is 0 Å². The van der Waals surface area contributed by atoms with E-state index in [-0.39, 0.29) is 0 Å². The molecule has 1 saturated carbocycles. The summed E-state index contributed by atoms with van der Waals surface area (Å²) in [4.78, 5) is 0. The van der Waals surface area contributed by atoms with E-state index in [9.17, 15) is 0 Å². The number of rotatable bonds is 8. The first-order valence-corrected chi connectivity index (χ1v) is 6.66. The minimum Gasteiger partial charge on any atom is -0.383 e. The quantitative estimate of drug-likeness (QED) is 0.693. The van der Waals surface area contributed by atoms with Gasteiger partial charge in [0.05, 0.1) is 19.8 Å². The minimum absolute atomic E-state index is 0.630. The number of anilines is 2. The molecule has 0 aliphatic heterocycles. The molecule has 2 rings (SSSR count). The molecule has 0 atom stereocenters. The Labute approximate surface area is 105 Å². The number of nitrogens with two attached hydrogens (primary N) is 1. The van der Waals surface area contributed by atoms with Crippen LogP contribution in [0.15, 0.2) is 0 Å². The lowest BCUT2D eigenvalue weighted by atomic mass is 10.2. The van der Waals surface area contributed by atoms with E-state index in [1.807, 2.05) is 0 Å². The maximum Gasteiger partial charge on any atom is 0.142 e. The molecule has 5 nitrogen and oxygen atoms in total. The minimum atomic E-state index is 0.630. The summed E-state index contributed by atoms with van der Waals surface area (Å²) < 4.78 is 14.5. The van der Waals surface area contributed by atoms with Gasteiger partial charge in [-0.15, -0.1) is 0 Å². The highest BCUT2D eigenvalue weighted by Gasteiger charge is 2.30. The fraction of sp³-hybridized carbons (Fsp3) is 0.727. The van der Waals surface area contributed by atoms with Gasteiger partial charge in [0.1, 0.15) is 10.8 Å². The smallest absolute Gasteiger partial charge is 0.142 e. The molecule has 1 aliphatic carbocycles. The van der Waals surface area contributed by atoms with Crippen molar-refractivity contribution in [1.82, 2.24) is 4.37 Å². The van der Waals surface area contributed by atoms with E-state index in [4.69, 9.17) is 15.2 Å². The summed E-state index contributed by atoms with van der Waals surface area (Å²) in [5.41, 5.74) is 7.08. The Morgan fingerprint density at radius 1 is 1.41 bits per heavy atom. The molecule has 0 spiro atoms. The summed E-state index contributed by atoms with van der Waals surface area (Å²) in [6.07, 6.45) is 2.48. The molecule has 3 N–H and O–H groups in total. The number of hydrogen-bond donors (Lipinski definition) is 2. The van der Waals surface area contributed by atoms with Crippen molar-refractivity contribution in [2.24, 2.45) is 0 Å². The van der Waals surface area contributed by atoms with Crippen LogP contribution in [0.1, 0.15) is 24.3 Å². The second-order valence-electron chi connectivity index (χ2n) is 4.12. The van der Waals surface area contributed by atoms with Gasteiger partial charge < -0.3 is 20.5 Å². The highest BCUT2D eigenvalue weighted by molar-refractivity contribution is 7.10. The van der Waals surface area contributed by atoms with E-state index in [0.29, 0.717) is 31.6 Å². The average molecular weight is 257 g/mol. The summed E-state index contributed by atoms with van der Waals surface area (Å²) in [5.74, 6) is 1.32. The van der Waals surface area contributed by atoms with Crippen LogP contribution in [0, 0.1) is 0 Å². The van der Waals surface area contributed by atoms with E-state index in [1.54, 1.807) is 7.11 Å². The van der Waals surface area contributed by atoms with E-state index < -0.39 is 0 Å². The van der Waals surface area contributed by atoms with E-state index in [1.165, 1.54) is 29.9 Å². The molecule has 1 aromatic rings. The van der Waals surface area contributed by atoms with Crippen LogP contribution in [-0.2, 0) is 9.47 Å². The lowest BCUT2D eigenvalue weighted by molar-refractivity contribution is 0.0759. The monoisotopic (exact) mass is 257 g/mol. The van der Waals surface area contributed by atoms with Gasteiger partial charge in [0.25, 0.3) is 0 Å². The predicted molar refractivity (Wildman–Crippen MR) is 69.7 cm³/mol. The van der Waals surface area contributed by atoms with Crippen molar-refractivity contribution >= 4 is 22.4 Å². The number of aromatic nitrogens is 1. The summed E-state index contributed by atoms with van der Waals surface area (Å²) in [7, 11) is 1.67. The van der Waals surface area contributed by atoms with Gasteiger partial charge in [-0.1, -0.05) is 0 Å². The second kappa shape index (κ2) is 6.18. The molecule has 1 fully saturated rings. The number of methoxy groups -OCH3 is 1. The number of nitrogens with one attached hydrogen (secondary N) is 1. The fourth-order valence-corrected chi connectivity index (χ4v) is 2.51. The predicted octanol–water partition coefficient (Wildman–Crippen LogP) is 1.68. The topological polar surface area (TPSA) is 69.4 Å². The number of nitrogen functional groups attached to an aromatic ring is 1. The largest absolute Gasteiger partial charge is 0.383 e. The van der Waals surface area contributed by atoms with Gasteiger partial charge in [-0.05, 0) is 30.3 Å². The van der Waals surface area contributed by atoms with Gasteiger partial charge in [0.2, 0.25) is 0 Å². The third-order valence-electron chi connectivity index (χ3n) is 2.71. The SMILES string of the molecule is COCCOCCNc1snc(N)c1C1CC1. The maximum atomic E-state index is 5.86. The molecule has 1 aromatic heterocycles. The normalized spacial score (nSPS) is 15.1. The van der Waals surface area contributed by atoms with Crippen LogP contribution in [0.25, 0.3) is 0 Å². The van der Waals surface area contributed by atoms with Gasteiger partial charge >= 0.3 is 0 Å². The maximum absolute atomic E-state index is 5.86. The van der Waals surface area contributed by atoms with E-state index in [0.717, 1.165) is 11.5 Å². The van der Waals surface area contributed by atoms with Gasteiger partial charge in [-0.25, -0.2) is 0 Å². The third-order valence-corrected chi connectivity index (χ3v) is 3.54. The van der Waals surface area contributed by atoms with Crippen LogP contribution in [0.4, 0.5) is 10.8 Å². The first-order valence-electron chi connectivity index (χ1n) is 5.88. The van der Waals surface area contributed by atoms with Gasteiger partial charge in [0, 0.05) is 19.2 Å². The fourth-order valence-electron chi connectivity index (χ4n) is 1.68. The number of nitrogens with zero attached hydrogens (tertiary/aromatic N) is 1. The molecular weight excluding hydrogens is 238 g/mol. The van der Waals surface area contributed by atoms with E-state index in [2.05, 4.69) is 9.69 Å². The van der Waals surface area contributed by atoms with Crippen molar-refractivity contribution in [3.8, 4) is 0 Å².